The standard InChI is InChI=1S/C12H13N/c1-11(7-5-6-10-13)12-8-3-2-4-9-12/h2-6,8-9,11H,7H2,1H3. The molecule has 0 spiro atoms. The molecular weight excluding hydrogens is 158 g/mol. The van der Waals surface area contributed by atoms with Crippen LogP contribution in [0, 0.1) is 11.3 Å². The topological polar surface area (TPSA) is 23.8 Å². The lowest BCUT2D eigenvalue weighted by molar-refractivity contribution is 0.781. The zero-order chi connectivity index (χ0) is 9.52. The summed E-state index contributed by atoms with van der Waals surface area (Å²) in [5.74, 6) is 0.491. The number of hydrogen-bond donors (Lipinski definition) is 0. The second kappa shape index (κ2) is 5.16. The molecule has 1 atom stereocenters. The van der Waals surface area contributed by atoms with Gasteiger partial charge in [0.25, 0.3) is 0 Å². The fourth-order valence-electron chi connectivity index (χ4n) is 1.24. The van der Waals surface area contributed by atoms with Gasteiger partial charge in [-0.2, -0.15) is 5.26 Å². The van der Waals surface area contributed by atoms with Crippen molar-refractivity contribution in [1.82, 2.24) is 0 Å². The third kappa shape index (κ3) is 3.13. The monoisotopic (exact) mass is 171 g/mol. The number of allylic oxidation sites excluding steroid dienone is 2. The molecule has 0 saturated heterocycles. The summed E-state index contributed by atoms with van der Waals surface area (Å²) in [6, 6.07) is 12.3. The van der Waals surface area contributed by atoms with Gasteiger partial charge in [0.1, 0.15) is 0 Å². The lowest BCUT2D eigenvalue weighted by Crippen LogP contribution is -1.90. The molecule has 0 heterocycles. The van der Waals surface area contributed by atoms with E-state index in [0.717, 1.165) is 6.42 Å². The van der Waals surface area contributed by atoms with Gasteiger partial charge in [-0.3, -0.25) is 0 Å². The highest BCUT2D eigenvalue weighted by molar-refractivity contribution is 5.19. The summed E-state index contributed by atoms with van der Waals surface area (Å²) < 4.78 is 0. The summed E-state index contributed by atoms with van der Waals surface area (Å²) in [7, 11) is 0. The van der Waals surface area contributed by atoms with Crippen LogP contribution >= 0.6 is 0 Å². The molecule has 0 aliphatic rings. The Morgan fingerprint density at radius 3 is 2.69 bits per heavy atom. The second-order valence-corrected chi connectivity index (χ2v) is 3.08. The summed E-state index contributed by atoms with van der Waals surface area (Å²) in [4.78, 5) is 0. The lowest BCUT2D eigenvalue weighted by Gasteiger charge is -2.07. The number of benzene rings is 1. The molecule has 1 nitrogen and oxygen atoms in total. The minimum atomic E-state index is 0.491. The van der Waals surface area contributed by atoms with Gasteiger partial charge in [-0.25, -0.2) is 0 Å². The van der Waals surface area contributed by atoms with Crippen molar-refractivity contribution in [1.29, 1.82) is 5.26 Å². The fraction of sp³-hybridized carbons (Fsp3) is 0.250. The van der Waals surface area contributed by atoms with Crippen molar-refractivity contribution in [3.8, 4) is 6.07 Å². The van der Waals surface area contributed by atoms with Gasteiger partial charge in [-0.15, -0.1) is 0 Å². The van der Waals surface area contributed by atoms with E-state index in [9.17, 15) is 0 Å². The first-order valence-electron chi connectivity index (χ1n) is 4.44. The molecule has 0 amide bonds. The molecule has 13 heavy (non-hydrogen) atoms. The van der Waals surface area contributed by atoms with E-state index < -0.39 is 0 Å². The molecule has 0 saturated carbocycles. The minimum absolute atomic E-state index is 0.491. The van der Waals surface area contributed by atoms with Crippen molar-refractivity contribution < 1.29 is 0 Å². The average molecular weight is 171 g/mol. The van der Waals surface area contributed by atoms with Crippen LogP contribution in [0.2, 0.25) is 0 Å². The maximum atomic E-state index is 8.31. The van der Waals surface area contributed by atoms with E-state index in [1.54, 1.807) is 6.08 Å². The minimum Gasteiger partial charge on any atom is -0.193 e. The number of rotatable bonds is 3. The van der Waals surface area contributed by atoms with Crippen molar-refractivity contribution in [2.24, 2.45) is 0 Å². The summed E-state index contributed by atoms with van der Waals surface area (Å²) in [5.41, 5.74) is 1.32. The molecule has 0 N–H and O–H groups in total. The van der Waals surface area contributed by atoms with Crippen molar-refractivity contribution in [2.45, 2.75) is 19.3 Å². The van der Waals surface area contributed by atoms with Crippen LogP contribution in [0.15, 0.2) is 42.5 Å². The van der Waals surface area contributed by atoms with E-state index >= 15 is 0 Å². The Labute approximate surface area is 79.3 Å². The summed E-state index contributed by atoms with van der Waals surface area (Å²) in [6.07, 6.45) is 4.38. The van der Waals surface area contributed by atoms with Crippen LogP contribution in [0.4, 0.5) is 0 Å². The highest BCUT2D eigenvalue weighted by Gasteiger charge is 2.00. The fourth-order valence-corrected chi connectivity index (χ4v) is 1.24. The maximum absolute atomic E-state index is 8.31. The van der Waals surface area contributed by atoms with E-state index in [0.29, 0.717) is 5.92 Å². The van der Waals surface area contributed by atoms with Crippen LogP contribution in [-0.4, -0.2) is 0 Å². The van der Waals surface area contributed by atoms with E-state index in [1.165, 1.54) is 5.56 Å². The molecule has 66 valence electrons. The van der Waals surface area contributed by atoms with Crippen LogP contribution in [0.25, 0.3) is 0 Å². The third-order valence-corrected chi connectivity index (χ3v) is 2.05. The van der Waals surface area contributed by atoms with Gasteiger partial charge in [0.05, 0.1) is 6.07 Å². The van der Waals surface area contributed by atoms with Gasteiger partial charge in [-0.05, 0) is 17.9 Å². The smallest absolute Gasteiger partial charge is 0.0908 e. The SMILES string of the molecule is CC(CC=CC#N)c1ccccc1. The van der Waals surface area contributed by atoms with Crippen molar-refractivity contribution >= 4 is 0 Å². The van der Waals surface area contributed by atoms with Crippen LogP contribution < -0.4 is 0 Å². The van der Waals surface area contributed by atoms with Crippen LogP contribution in [0.5, 0.6) is 0 Å². The zero-order valence-corrected chi connectivity index (χ0v) is 7.77. The second-order valence-electron chi connectivity index (χ2n) is 3.08. The number of nitrogens with zero attached hydrogens (tertiary/aromatic N) is 1. The Balaban J connectivity index is 2.55. The Morgan fingerprint density at radius 2 is 2.08 bits per heavy atom. The summed E-state index contributed by atoms with van der Waals surface area (Å²) >= 11 is 0. The molecule has 1 unspecified atom stereocenters. The first kappa shape index (κ1) is 9.54. The first-order chi connectivity index (χ1) is 6.34. The van der Waals surface area contributed by atoms with E-state index in [2.05, 4.69) is 19.1 Å². The van der Waals surface area contributed by atoms with Gasteiger partial charge in [0.2, 0.25) is 0 Å². The first-order valence-corrected chi connectivity index (χ1v) is 4.44. The Hall–Kier alpha value is -1.55. The Morgan fingerprint density at radius 1 is 1.38 bits per heavy atom. The van der Waals surface area contributed by atoms with Crippen molar-refractivity contribution in [3.63, 3.8) is 0 Å². The predicted molar refractivity (Wildman–Crippen MR) is 54.2 cm³/mol. The third-order valence-electron chi connectivity index (χ3n) is 2.05. The molecule has 0 aliphatic carbocycles. The van der Waals surface area contributed by atoms with Gasteiger partial charge in [0.15, 0.2) is 0 Å². The average Bonchev–Trinajstić information content (AvgIpc) is 2.19. The highest BCUT2D eigenvalue weighted by Crippen LogP contribution is 2.18. The van der Waals surface area contributed by atoms with Crippen molar-refractivity contribution in [3.05, 3.63) is 48.0 Å². The molecule has 1 aromatic carbocycles. The summed E-state index contributed by atoms with van der Waals surface area (Å²) in [6.45, 7) is 2.16. The van der Waals surface area contributed by atoms with Gasteiger partial charge in [-0.1, -0.05) is 43.3 Å². The van der Waals surface area contributed by atoms with Gasteiger partial charge >= 0.3 is 0 Å². The summed E-state index contributed by atoms with van der Waals surface area (Å²) in [5, 5.41) is 8.31. The Kier molecular flexibility index (Phi) is 3.78. The maximum Gasteiger partial charge on any atom is 0.0908 e. The molecule has 1 aromatic rings. The molecule has 0 aromatic heterocycles. The predicted octanol–water partition coefficient (Wildman–Crippen LogP) is 3.26. The van der Waals surface area contributed by atoms with E-state index in [1.807, 2.05) is 30.3 Å². The van der Waals surface area contributed by atoms with Crippen LogP contribution in [0.1, 0.15) is 24.8 Å². The molecular formula is C12H13N. The van der Waals surface area contributed by atoms with E-state index in [-0.39, 0.29) is 0 Å². The molecule has 1 rings (SSSR count). The highest BCUT2D eigenvalue weighted by atomic mass is 14.2. The zero-order valence-electron chi connectivity index (χ0n) is 7.77. The number of hydrogen-bond acceptors (Lipinski definition) is 1. The molecule has 0 fully saturated rings. The molecule has 0 aliphatic heterocycles. The normalized spacial score (nSPS) is 12.6. The lowest BCUT2D eigenvalue weighted by atomic mass is 9.98. The largest absolute Gasteiger partial charge is 0.193 e. The number of nitriles is 1. The van der Waals surface area contributed by atoms with Crippen LogP contribution in [-0.2, 0) is 0 Å². The molecule has 1 heteroatoms. The Bertz CT molecular complexity index is 306. The van der Waals surface area contributed by atoms with Gasteiger partial charge < -0.3 is 0 Å². The molecule has 0 bridgehead atoms. The quantitative estimate of drug-likeness (QED) is 0.640. The van der Waals surface area contributed by atoms with Crippen molar-refractivity contribution in [2.75, 3.05) is 0 Å². The molecule has 0 radical (unpaired) electrons. The van der Waals surface area contributed by atoms with Gasteiger partial charge in [0, 0.05) is 6.08 Å². The van der Waals surface area contributed by atoms with E-state index in [4.69, 9.17) is 5.26 Å². The van der Waals surface area contributed by atoms with Crippen LogP contribution in [0.3, 0.4) is 0 Å².